The van der Waals surface area contributed by atoms with Gasteiger partial charge in [0.05, 0.1) is 0 Å². The van der Waals surface area contributed by atoms with Gasteiger partial charge in [0, 0.05) is 0 Å². The van der Waals surface area contributed by atoms with Crippen molar-refractivity contribution in [2.75, 3.05) is 7.11 Å². The first-order valence-corrected chi connectivity index (χ1v) is 4.69. The summed E-state index contributed by atoms with van der Waals surface area (Å²) in [5.41, 5.74) is 0. The maximum absolute atomic E-state index is 10.5. The van der Waals surface area contributed by atoms with Crippen molar-refractivity contribution in [3.63, 3.8) is 0 Å². The molecule has 0 fully saturated rings. The summed E-state index contributed by atoms with van der Waals surface area (Å²) in [4.78, 5) is 10.5. The van der Waals surface area contributed by atoms with Crippen LogP contribution in [0.25, 0.3) is 0 Å². The molecule has 0 saturated heterocycles. The average molecular weight is 167 g/mol. The molecule has 0 N–H and O–H groups in total. The molecular weight excluding hydrogens is 157 g/mol. The van der Waals surface area contributed by atoms with Crippen molar-refractivity contribution in [2.24, 2.45) is 5.92 Å². The van der Waals surface area contributed by atoms with E-state index < -0.39 is 0 Å². The van der Waals surface area contributed by atoms with Gasteiger partial charge < -0.3 is 0 Å². The third kappa shape index (κ3) is 2.41. The first kappa shape index (κ1) is 8.09. The second kappa shape index (κ2) is 4.02. The number of carbonyl (C=O) groups excluding carboxylic acids is 1. The van der Waals surface area contributed by atoms with E-state index in [1.54, 1.807) is 0 Å². The average Bonchev–Trinajstić information content (AvgIpc) is 1.84. The van der Waals surface area contributed by atoms with E-state index in [1.165, 1.54) is 7.11 Å². The van der Waals surface area contributed by atoms with Crippen molar-refractivity contribution in [2.45, 2.75) is 11.9 Å². The molecule has 0 aromatic rings. The Morgan fingerprint density at radius 2 is 2.38 bits per heavy atom. The van der Waals surface area contributed by atoms with Crippen molar-refractivity contribution in [3.05, 3.63) is 0 Å². The van der Waals surface area contributed by atoms with Crippen molar-refractivity contribution >= 4 is 5.97 Å². The van der Waals surface area contributed by atoms with Crippen LogP contribution in [-0.4, -0.2) is 13.1 Å². The molecule has 3 heteroatoms. The van der Waals surface area contributed by atoms with Gasteiger partial charge in [-0.25, -0.2) is 0 Å². The topological polar surface area (TPSA) is 26.3 Å². The molecule has 43 valence electrons. The molecule has 8 heavy (non-hydrogen) atoms. The minimum atomic E-state index is -0.0868. The van der Waals surface area contributed by atoms with Gasteiger partial charge in [0.25, 0.3) is 0 Å². The summed E-state index contributed by atoms with van der Waals surface area (Å²) in [6.45, 7) is 1.88. The Morgan fingerprint density at radius 3 is 2.50 bits per heavy atom. The second-order valence-corrected chi connectivity index (χ2v) is 2.92. The van der Waals surface area contributed by atoms with Crippen LogP contribution in [0.2, 0.25) is 5.02 Å². The Labute approximate surface area is 59.3 Å². The van der Waals surface area contributed by atoms with Crippen molar-refractivity contribution in [1.29, 1.82) is 0 Å². The van der Waals surface area contributed by atoms with Crippen molar-refractivity contribution < 1.29 is 27.8 Å². The van der Waals surface area contributed by atoms with Crippen LogP contribution in [0.5, 0.6) is 0 Å². The SMILES string of the molecule is COC(=O)C(C)[CH2][Zn]. The molecule has 0 aliphatic rings. The van der Waals surface area contributed by atoms with Crippen LogP contribution in [0.15, 0.2) is 0 Å². The summed E-state index contributed by atoms with van der Waals surface area (Å²) in [5.74, 6) is 0.0243. The maximum atomic E-state index is 10.5. The van der Waals surface area contributed by atoms with Gasteiger partial charge in [0.2, 0.25) is 0 Å². The van der Waals surface area contributed by atoms with Gasteiger partial charge >= 0.3 is 58.8 Å². The van der Waals surface area contributed by atoms with Crippen molar-refractivity contribution in [3.8, 4) is 0 Å². The van der Waals surface area contributed by atoms with Gasteiger partial charge in [-0.2, -0.15) is 0 Å². The van der Waals surface area contributed by atoms with Gasteiger partial charge in [0.1, 0.15) is 0 Å². The van der Waals surface area contributed by atoms with E-state index in [0.717, 1.165) is 23.3 Å². The van der Waals surface area contributed by atoms with Gasteiger partial charge in [-0.3, -0.25) is 0 Å². The predicted octanol–water partition coefficient (Wildman–Crippen LogP) is 0.761. The summed E-state index contributed by atoms with van der Waals surface area (Å²) in [7, 11) is 1.43. The second-order valence-electron chi connectivity index (χ2n) is 1.71. The molecule has 1 atom stereocenters. The molecule has 0 heterocycles. The Kier molecular flexibility index (Phi) is 4.07. The number of hydrogen-bond donors (Lipinski definition) is 0. The van der Waals surface area contributed by atoms with Crippen LogP contribution in [0, 0.1) is 5.92 Å². The summed E-state index contributed by atoms with van der Waals surface area (Å²) in [5, 5.41) is 0.979. The quantitative estimate of drug-likeness (QED) is 0.447. The van der Waals surface area contributed by atoms with E-state index in [2.05, 4.69) is 4.74 Å². The molecule has 0 bridgehead atoms. The third-order valence-electron chi connectivity index (χ3n) is 1.04. The molecule has 0 spiro atoms. The molecule has 0 rings (SSSR count). The number of ether oxygens (including phenoxy) is 1. The Bertz CT molecular complexity index is 82.5. The van der Waals surface area contributed by atoms with E-state index in [-0.39, 0.29) is 11.9 Å². The fourth-order valence-corrected chi connectivity index (χ4v) is 0.814. The summed E-state index contributed by atoms with van der Waals surface area (Å²) >= 11 is 1.16. The first-order valence-electron chi connectivity index (χ1n) is 2.59. The molecule has 0 aliphatic carbocycles. The van der Waals surface area contributed by atoms with Gasteiger partial charge in [-0.05, 0) is 0 Å². The summed E-state index contributed by atoms with van der Waals surface area (Å²) < 4.78 is 4.48. The van der Waals surface area contributed by atoms with Crippen LogP contribution >= 0.6 is 0 Å². The zero-order valence-corrected chi connectivity index (χ0v) is 8.28. The normalized spacial score (nSPS) is 13.0. The van der Waals surface area contributed by atoms with E-state index in [0.29, 0.717) is 0 Å². The van der Waals surface area contributed by atoms with Crippen LogP contribution in [0.4, 0.5) is 0 Å². The number of hydrogen-bond acceptors (Lipinski definition) is 2. The van der Waals surface area contributed by atoms with E-state index in [1.807, 2.05) is 6.92 Å². The summed E-state index contributed by atoms with van der Waals surface area (Å²) in [6, 6.07) is 0. The first-order chi connectivity index (χ1) is 3.72. The van der Waals surface area contributed by atoms with E-state index in [9.17, 15) is 4.79 Å². The predicted molar refractivity (Wildman–Crippen MR) is 26.0 cm³/mol. The number of rotatable bonds is 2. The van der Waals surface area contributed by atoms with Crippen molar-refractivity contribution in [1.82, 2.24) is 0 Å². The number of esters is 1. The van der Waals surface area contributed by atoms with Gasteiger partial charge in [-0.15, -0.1) is 0 Å². The van der Waals surface area contributed by atoms with Crippen LogP contribution < -0.4 is 0 Å². The molecule has 0 aromatic carbocycles. The Balaban J connectivity index is 3.46. The number of carbonyl (C=O) groups is 1. The molecular formula is C5H9O2Zn. The molecule has 0 aliphatic heterocycles. The molecule has 0 amide bonds. The van der Waals surface area contributed by atoms with Crippen LogP contribution in [0.3, 0.4) is 0 Å². The Morgan fingerprint density at radius 1 is 1.88 bits per heavy atom. The number of methoxy groups -OCH3 is 1. The zero-order valence-electron chi connectivity index (χ0n) is 5.31. The molecule has 0 aromatic heterocycles. The van der Waals surface area contributed by atoms with E-state index in [4.69, 9.17) is 0 Å². The van der Waals surface area contributed by atoms with Gasteiger partial charge in [-0.1, -0.05) is 0 Å². The fraction of sp³-hybridized carbons (Fsp3) is 0.800. The van der Waals surface area contributed by atoms with Crippen LogP contribution in [0.1, 0.15) is 6.92 Å². The zero-order chi connectivity index (χ0) is 6.57. The third-order valence-corrected chi connectivity index (χ3v) is 2.85. The molecule has 1 unspecified atom stereocenters. The van der Waals surface area contributed by atoms with E-state index >= 15 is 0 Å². The summed E-state index contributed by atoms with van der Waals surface area (Å²) in [6.07, 6.45) is 0. The molecule has 0 saturated carbocycles. The Hall–Kier alpha value is 0.0934. The standard InChI is InChI=1S/C5H9O2.Zn/c1-4(2)5(6)7-3;/h4H,1H2,2-3H3;. The minimum absolute atomic E-state index is 0.0868. The monoisotopic (exact) mass is 165 g/mol. The molecule has 2 nitrogen and oxygen atoms in total. The van der Waals surface area contributed by atoms with Gasteiger partial charge in [0.15, 0.2) is 0 Å². The molecule has 0 radical (unpaired) electrons. The van der Waals surface area contributed by atoms with Crippen LogP contribution in [-0.2, 0) is 27.8 Å². The fourth-order valence-electron chi connectivity index (χ4n) is 0.319.